The summed E-state index contributed by atoms with van der Waals surface area (Å²) in [5, 5.41) is 54.7. The maximum Gasteiger partial charge on any atom is 0.397 e. The number of aliphatic hydroxyl groups excluding tert-OH is 5. The highest BCUT2D eigenvalue weighted by molar-refractivity contribution is 7.80. The second-order valence-electron chi connectivity index (χ2n) is 19.0. The molecule has 1 aliphatic rings. The lowest BCUT2D eigenvalue weighted by Crippen LogP contribution is -2.61. The molecule has 0 saturated carbocycles. The number of hydrogen-bond acceptors (Lipinski definition) is 11. The van der Waals surface area contributed by atoms with Crippen LogP contribution in [0.15, 0.2) is 0 Å². The molecule has 1 aliphatic heterocycles. The molecule has 1 heterocycles. The van der Waals surface area contributed by atoms with Crippen molar-refractivity contribution < 1.29 is 57.0 Å². The Morgan fingerprint density at radius 2 is 0.906 bits per heavy atom. The van der Waals surface area contributed by atoms with E-state index in [0.717, 1.165) is 32.1 Å². The Balaban J connectivity index is 2.07. The summed E-state index contributed by atoms with van der Waals surface area (Å²) < 4.78 is 47.2. The number of ether oxygens (including phenoxy) is 2. The van der Waals surface area contributed by atoms with Crippen LogP contribution in [0.3, 0.4) is 0 Å². The standard InChI is InChI=1S/C50H99NO12S/c1-3-5-7-8-9-10-11-12-13-14-15-16-17-18-19-20-21-22-23-24-25-26-27-28-29-30-31-32-33-34-35-37-39-44(54)49(57)51-42(43(53)38-36-6-4-2)41-61-50-47(56)48(63-64(58,59)60)46(55)45(40-52)62-50/h42-48,50,52-56H,3-41H2,1-2H3,(H,51,57)(H,58,59,60). The number of unbranched alkanes of at least 4 members (excludes halogenated alkanes) is 33. The van der Waals surface area contributed by atoms with Crippen molar-refractivity contribution in [1.82, 2.24) is 5.32 Å². The van der Waals surface area contributed by atoms with Crippen molar-refractivity contribution in [2.75, 3.05) is 13.2 Å². The SMILES string of the molecule is CCCCCCCCCCCCCCCCCCCCCCCCCCCCCCCCCCC(O)C(=O)NC(COC1OC(CO)C(O)C(OS(=O)(=O)O)C1O)C(O)CCCCC. The Morgan fingerprint density at radius 3 is 1.27 bits per heavy atom. The van der Waals surface area contributed by atoms with E-state index in [2.05, 4.69) is 16.4 Å². The summed E-state index contributed by atoms with van der Waals surface area (Å²) in [7, 11) is -5.10. The van der Waals surface area contributed by atoms with Gasteiger partial charge in [0.1, 0.15) is 30.5 Å². The number of amides is 1. The summed E-state index contributed by atoms with van der Waals surface area (Å²) in [5.74, 6) is -0.676. The number of rotatable bonds is 46. The molecule has 1 rings (SSSR count). The van der Waals surface area contributed by atoms with Gasteiger partial charge in [0.05, 0.1) is 25.4 Å². The monoisotopic (exact) mass is 938 g/mol. The smallest absolute Gasteiger partial charge is 0.394 e. The minimum atomic E-state index is -5.10. The fourth-order valence-electron chi connectivity index (χ4n) is 8.82. The Morgan fingerprint density at radius 1 is 0.562 bits per heavy atom. The van der Waals surface area contributed by atoms with E-state index in [1.807, 2.05) is 6.92 Å². The fraction of sp³-hybridized carbons (Fsp3) is 0.980. The van der Waals surface area contributed by atoms with E-state index in [1.54, 1.807) is 0 Å². The fourth-order valence-corrected chi connectivity index (χ4v) is 9.33. The molecule has 1 saturated heterocycles. The average molecular weight is 938 g/mol. The zero-order valence-corrected chi connectivity index (χ0v) is 41.6. The van der Waals surface area contributed by atoms with Crippen LogP contribution in [0.1, 0.15) is 251 Å². The predicted molar refractivity (Wildman–Crippen MR) is 256 cm³/mol. The molecule has 14 heteroatoms. The molecule has 382 valence electrons. The van der Waals surface area contributed by atoms with E-state index >= 15 is 0 Å². The van der Waals surface area contributed by atoms with Crippen molar-refractivity contribution in [3.63, 3.8) is 0 Å². The highest BCUT2D eigenvalue weighted by atomic mass is 32.3. The number of carbonyl (C=O) groups excluding carboxylic acids is 1. The summed E-state index contributed by atoms with van der Waals surface area (Å²) >= 11 is 0. The number of hydrogen-bond donors (Lipinski definition) is 7. The summed E-state index contributed by atoms with van der Waals surface area (Å²) in [5.41, 5.74) is 0. The minimum absolute atomic E-state index is 0.264. The van der Waals surface area contributed by atoms with Crippen LogP contribution < -0.4 is 5.32 Å². The van der Waals surface area contributed by atoms with Crippen molar-refractivity contribution in [3.05, 3.63) is 0 Å². The molecule has 0 aromatic rings. The van der Waals surface area contributed by atoms with E-state index in [9.17, 15) is 38.7 Å². The van der Waals surface area contributed by atoms with Crippen LogP contribution in [-0.2, 0) is 28.9 Å². The van der Waals surface area contributed by atoms with Gasteiger partial charge in [0.15, 0.2) is 6.29 Å². The Bertz CT molecular complexity index is 1170. The van der Waals surface area contributed by atoms with Crippen molar-refractivity contribution >= 4 is 16.3 Å². The van der Waals surface area contributed by atoms with Gasteiger partial charge in [0.2, 0.25) is 5.91 Å². The molecule has 0 spiro atoms. The van der Waals surface area contributed by atoms with Crippen molar-refractivity contribution in [1.29, 1.82) is 0 Å². The third kappa shape index (κ3) is 32.7. The molecule has 13 nitrogen and oxygen atoms in total. The summed E-state index contributed by atoms with van der Waals surface area (Å²) in [6.45, 7) is 3.09. The van der Waals surface area contributed by atoms with Gasteiger partial charge in [-0.15, -0.1) is 0 Å². The molecule has 0 aromatic heterocycles. The van der Waals surface area contributed by atoms with Crippen molar-refractivity contribution in [2.45, 2.75) is 300 Å². The van der Waals surface area contributed by atoms with Gasteiger partial charge in [-0.25, -0.2) is 4.18 Å². The molecule has 8 unspecified atom stereocenters. The van der Waals surface area contributed by atoms with Crippen LogP contribution in [-0.4, -0.2) is 107 Å². The van der Waals surface area contributed by atoms with E-state index in [-0.39, 0.29) is 6.42 Å². The van der Waals surface area contributed by atoms with Gasteiger partial charge in [-0.1, -0.05) is 239 Å². The quantitative estimate of drug-likeness (QED) is 0.0224. The molecule has 1 amide bonds. The zero-order chi connectivity index (χ0) is 47.1. The third-order valence-electron chi connectivity index (χ3n) is 13.0. The first-order valence-corrected chi connectivity index (χ1v) is 27.9. The highest BCUT2D eigenvalue weighted by Gasteiger charge is 2.48. The van der Waals surface area contributed by atoms with Crippen LogP contribution in [0.5, 0.6) is 0 Å². The van der Waals surface area contributed by atoms with Gasteiger partial charge in [0.25, 0.3) is 0 Å². The summed E-state index contributed by atoms with van der Waals surface area (Å²) in [6.07, 6.45) is 34.7. The summed E-state index contributed by atoms with van der Waals surface area (Å²) in [6, 6.07) is -1.02. The third-order valence-corrected chi connectivity index (χ3v) is 13.5. The van der Waals surface area contributed by atoms with Gasteiger partial charge in [-0.05, 0) is 12.8 Å². The number of aliphatic hydroxyl groups is 5. The molecule has 7 N–H and O–H groups in total. The minimum Gasteiger partial charge on any atom is -0.394 e. The van der Waals surface area contributed by atoms with Gasteiger partial charge in [-0.3, -0.25) is 9.35 Å². The largest absolute Gasteiger partial charge is 0.397 e. The molecule has 0 bridgehead atoms. The maximum atomic E-state index is 13.0. The zero-order valence-electron chi connectivity index (χ0n) is 40.7. The van der Waals surface area contributed by atoms with Gasteiger partial charge in [0, 0.05) is 0 Å². The first kappa shape index (κ1) is 61.1. The number of carbonyl (C=O) groups is 1. The Hall–Kier alpha value is -0.940. The lowest BCUT2D eigenvalue weighted by molar-refractivity contribution is -0.298. The molecular formula is C50H99NO12S. The molecular weight excluding hydrogens is 839 g/mol. The van der Waals surface area contributed by atoms with Crippen LogP contribution in [0.25, 0.3) is 0 Å². The molecule has 0 aliphatic carbocycles. The van der Waals surface area contributed by atoms with Crippen LogP contribution in [0, 0.1) is 0 Å². The van der Waals surface area contributed by atoms with E-state index in [1.165, 1.54) is 180 Å². The summed E-state index contributed by atoms with van der Waals surface area (Å²) in [4.78, 5) is 13.0. The maximum absolute atomic E-state index is 13.0. The second kappa shape index (κ2) is 41.1. The van der Waals surface area contributed by atoms with E-state index in [4.69, 9.17) is 14.0 Å². The number of nitrogens with one attached hydrogen (secondary N) is 1. The molecule has 0 aromatic carbocycles. The first-order chi connectivity index (χ1) is 30.9. The second-order valence-corrected chi connectivity index (χ2v) is 20.0. The van der Waals surface area contributed by atoms with Gasteiger partial charge < -0.3 is 40.3 Å². The molecule has 1 fully saturated rings. The average Bonchev–Trinajstić information content (AvgIpc) is 3.27. The topological polar surface area (TPSA) is 212 Å². The normalized spacial score (nSPS) is 20.7. The predicted octanol–water partition coefficient (Wildman–Crippen LogP) is 10.3. The van der Waals surface area contributed by atoms with Crippen LogP contribution in [0.2, 0.25) is 0 Å². The van der Waals surface area contributed by atoms with Gasteiger partial charge in [-0.2, -0.15) is 8.42 Å². The lowest BCUT2D eigenvalue weighted by atomic mass is 9.99. The molecule has 8 atom stereocenters. The van der Waals surface area contributed by atoms with E-state index in [0.29, 0.717) is 19.3 Å². The van der Waals surface area contributed by atoms with E-state index < -0.39 is 78.5 Å². The first-order valence-electron chi connectivity index (χ1n) is 26.5. The van der Waals surface area contributed by atoms with Crippen LogP contribution in [0.4, 0.5) is 0 Å². The molecule has 0 radical (unpaired) electrons. The van der Waals surface area contributed by atoms with Crippen molar-refractivity contribution in [3.8, 4) is 0 Å². The van der Waals surface area contributed by atoms with Crippen LogP contribution >= 0.6 is 0 Å². The Labute approximate surface area is 390 Å². The van der Waals surface area contributed by atoms with Gasteiger partial charge >= 0.3 is 10.4 Å². The highest BCUT2D eigenvalue weighted by Crippen LogP contribution is 2.26. The lowest BCUT2D eigenvalue weighted by Gasteiger charge is -2.41. The molecule has 64 heavy (non-hydrogen) atoms. The van der Waals surface area contributed by atoms with Crippen molar-refractivity contribution in [2.24, 2.45) is 0 Å². The Kier molecular flexibility index (Phi) is 39.2.